The molecule has 1 fully saturated rings. The molecule has 1 aliphatic heterocycles. The molecule has 24 heavy (non-hydrogen) atoms. The fourth-order valence-corrected chi connectivity index (χ4v) is 4.18. The number of thiophene rings is 1. The number of pyridine rings is 1. The molecule has 2 aromatic heterocycles. The lowest BCUT2D eigenvalue weighted by Gasteiger charge is -2.25. The summed E-state index contributed by atoms with van der Waals surface area (Å²) < 4.78 is 5.10. The Labute approximate surface area is 150 Å². The number of hydrogen-bond acceptors (Lipinski definition) is 5. The fourth-order valence-electron chi connectivity index (χ4n) is 2.84. The van der Waals surface area contributed by atoms with E-state index in [0.29, 0.717) is 11.7 Å². The molecule has 1 saturated heterocycles. The van der Waals surface area contributed by atoms with Gasteiger partial charge in [-0.15, -0.1) is 11.3 Å². The van der Waals surface area contributed by atoms with Crippen LogP contribution in [0.2, 0.25) is 0 Å². The zero-order valence-corrected chi connectivity index (χ0v) is 15.2. The van der Waals surface area contributed by atoms with Gasteiger partial charge >= 0.3 is 5.97 Å². The van der Waals surface area contributed by atoms with E-state index in [-0.39, 0.29) is 24.6 Å². The molecular formula is C17H19N3O2S2. The van der Waals surface area contributed by atoms with Crippen molar-refractivity contribution in [3.05, 3.63) is 52.0 Å². The summed E-state index contributed by atoms with van der Waals surface area (Å²) in [6, 6.07) is 9.83. The number of rotatable bonds is 5. The molecule has 7 heteroatoms. The lowest BCUT2D eigenvalue weighted by molar-refractivity contribution is -0.143. The third-order valence-corrected chi connectivity index (χ3v) is 5.28. The van der Waals surface area contributed by atoms with Crippen LogP contribution < -0.4 is 5.32 Å². The Morgan fingerprint density at radius 1 is 1.42 bits per heavy atom. The highest BCUT2D eigenvalue weighted by atomic mass is 32.1. The molecule has 2 aromatic rings. The maximum Gasteiger partial charge on any atom is 0.325 e. The van der Waals surface area contributed by atoms with E-state index in [9.17, 15) is 4.79 Å². The van der Waals surface area contributed by atoms with Gasteiger partial charge in [0.1, 0.15) is 6.54 Å². The van der Waals surface area contributed by atoms with Crippen molar-refractivity contribution in [2.45, 2.75) is 25.9 Å². The van der Waals surface area contributed by atoms with Crippen molar-refractivity contribution in [3.8, 4) is 0 Å². The van der Waals surface area contributed by atoms with Crippen LogP contribution in [0.3, 0.4) is 0 Å². The average molecular weight is 361 g/mol. The largest absolute Gasteiger partial charge is 0.465 e. The van der Waals surface area contributed by atoms with Gasteiger partial charge in [0, 0.05) is 16.0 Å². The van der Waals surface area contributed by atoms with Crippen molar-refractivity contribution < 1.29 is 9.53 Å². The van der Waals surface area contributed by atoms with E-state index in [2.05, 4.69) is 29.4 Å². The highest BCUT2D eigenvalue weighted by Crippen LogP contribution is 2.40. The van der Waals surface area contributed by atoms with Crippen molar-refractivity contribution in [1.82, 2.24) is 15.2 Å². The minimum Gasteiger partial charge on any atom is -0.465 e. The lowest BCUT2D eigenvalue weighted by atomic mass is 10.0. The van der Waals surface area contributed by atoms with E-state index in [1.807, 2.05) is 23.1 Å². The van der Waals surface area contributed by atoms with Crippen LogP contribution in [0.4, 0.5) is 0 Å². The summed E-state index contributed by atoms with van der Waals surface area (Å²) in [5.74, 6) is -0.276. The molecule has 0 radical (unpaired) electrons. The highest BCUT2D eigenvalue weighted by molar-refractivity contribution is 7.80. The summed E-state index contributed by atoms with van der Waals surface area (Å²) in [6.07, 6.45) is 1.77. The normalized spacial score (nSPS) is 20.1. The summed E-state index contributed by atoms with van der Waals surface area (Å²) in [5, 5.41) is 3.87. The van der Waals surface area contributed by atoms with E-state index in [1.54, 1.807) is 24.5 Å². The second-order valence-corrected chi connectivity index (χ2v) is 7.21. The number of nitrogens with zero attached hydrogens (tertiary/aromatic N) is 2. The number of carbonyl (C=O) groups excluding carboxylic acids is 1. The molecule has 5 nitrogen and oxygen atoms in total. The summed E-state index contributed by atoms with van der Waals surface area (Å²) in [7, 11) is 0. The number of ether oxygens (including phenoxy) is 1. The molecule has 0 aliphatic carbocycles. The molecule has 0 unspecified atom stereocenters. The molecule has 3 heterocycles. The molecule has 0 bridgehead atoms. The standard InChI is InChI=1S/C17H19N3O2S2/c1-3-22-14(21)10-20-16(13-8-7-11(2)24-13)15(19-17(20)23)12-6-4-5-9-18-12/h4-9,15-16H,3,10H2,1-2H3,(H,19,23)/t15-,16-/m0/s1. The van der Waals surface area contributed by atoms with Gasteiger partial charge in [-0.1, -0.05) is 6.07 Å². The number of aryl methyl sites for hydroxylation is 1. The molecule has 126 valence electrons. The Kier molecular flexibility index (Phi) is 5.11. The van der Waals surface area contributed by atoms with Crippen LogP contribution in [0.25, 0.3) is 0 Å². The van der Waals surface area contributed by atoms with Crippen molar-refractivity contribution in [2.75, 3.05) is 13.2 Å². The highest BCUT2D eigenvalue weighted by Gasteiger charge is 2.41. The maximum absolute atomic E-state index is 12.0. The first kappa shape index (κ1) is 16.9. The quantitative estimate of drug-likeness (QED) is 0.653. The molecule has 0 saturated carbocycles. The van der Waals surface area contributed by atoms with E-state index in [4.69, 9.17) is 17.0 Å². The van der Waals surface area contributed by atoms with Gasteiger partial charge < -0.3 is 15.0 Å². The Morgan fingerprint density at radius 2 is 2.25 bits per heavy atom. The first-order chi connectivity index (χ1) is 11.6. The number of esters is 1. The van der Waals surface area contributed by atoms with E-state index in [1.165, 1.54) is 4.88 Å². The first-order valence-corrected chi connectivity index (χ1v) is 9.02. The number of aromatic nitrogens is 1. The second-order valence-electron chi connectivity index (χ2n) is 5.51. The molecule has 3 rings (SSSR count). The second kappa shape index (κ2) is 7.27. The minimum atomic E-state index is -0.276. The molecule has 0 spiro atoms. The van der Waals surface area contributed by atoms with Crippen LogP contribution in [0, 0.1) is 6.92 Å². The van der Waals surface area contributed by atoms with Crippen LogP contribution in [0.15, 0.2) is 36.5 Å². The SMILES string of the molecule is CCOC(=O)CN1C(=S)N[C@@H](c2ccccn2)[C@@H]1c1ccc(C)s1. The Hall–Kier alpha value is -1.99. The van der Waals surface area contributed by atoms with Gasteiger partial charge in [0.05, 0.1) is 24.4 Å². The zero-order valence-electron chi connectivity index (χ0n) is 13.6. The van der Waals surface area contributed by atoms with Crippen LogP contribution in [-0.4, -0.2) is 34.1 Å². The fraction of sp³-hybridized carbons (Fsp3) is 0.353. The number of thiocarbonyl (C=S) groups is 1. The van der Waals surface area contributed by atoms with Crippen LogP contribution >= 0.6 is 23.6 Å². The maximum atomic E-state index is 12.0. The third-order valence-electron chi connectivity index (χ3n) is 3.86. The zero-order chi connectivity index (χ0) is 17.1. The van der Waals surface area contributed by atoms with Crippen LogP contribution in [-0.2, 0) is 9.53 Å². The molecule has 2 atom stereocenters. The molecule has 0 amide bonds. The molecular weight excluding hydrogens is 342 g/mol. The lowest BCUT2D eigenvalue weighted by Crippen LogP contribution is -2.35. The molecule has 1 N–H and O–H groups in total. The summed E-state index contributed by atoms with van der Waals surface area (Å²) >= 11 is 7.20. The van der Waals surface area contributed by atoms with E-state index < -0.39 is 0 Å². The molecule has 1 aliphatic rings. The predicted octanol–water partition coefficient (Wildman–Crippen LogP) is 2.99. The summed E-state index contributed by atoms with van der Waals surface area (Å²) in [5.41, 5.74) is 0.905. The average Bonchev–Trinajstić information content (AvgIpc) is 3.13. The van der Waals surface area contributed by atoms with E-state index >= 15 is 0 Å². The first-order valence-electron chi connectivity index (χ1n) is 7.80. The summed E-state index contributed by atoms with van der Waals surface area (Å²) in [6.45, 7) is 4.36. The number of hydrogen-bond donors (Lipinski definition) is 1. The Bertz CT molecular complexity index is 732. The van der Waals surface area contributed by atoms with Crippen molar-refractivity contribution in [1.29, 1.82) is 0 Å². The van der Waals surface area contributed by atoms with Gasteiger partial charge in [-0.2, -0.15) is 0 Å². The number of nitrogens with one attached hydrogen (secondary N) is 1. The van der Waals surface area contributed by atoms with Gasteiger partial charge in [-0.25, -0.2) is 0 Å². The van der Waals surface area contributed by atoms with Crippen LogP contribution in [0.5, 0.6) is 0 Å². The third kappa shape index (κ3) is 3.42. The van der Waals surface area contributed by atoms with Crippen molar-refractivity contribution in [3.63, 3.8) is 0 Å². The van der Waals surface area contributed by atoms with Gasteiger partial charge in [0.15, 0.2) is 5.11 Å². The molecule has 0 aromatic carbocycles. The Balaban J connectivity index is 1.95. The smallest absolute Gasteiger partial charge is 0.325 e. The van der Waals surface area contributed by atoms with Crippen molar-refractivity contribution >= 4 is 34.6 Å². The van der Waals surface area contributed by atoms with Gasteiger partial charge in [-0.3, -0.25) is 9.78 Å². The Morgan fingerprint density at radius 3 is 2.88 bits per heavy atom. The van der Waals surface area contributed by atoms with Crippen LogP contribution in [0.1, 0.15) is 34.5 Å². The van der Waals surface area contributed by atoms with Gasteiger partial charge in [0.25, 0.3) is 0 Å². The predicted molar refractivity (Wildman–Crippen MR) is 97.8 cm³/mol. The van der Waals surface area contributed by atoms with Gasteiger partial charge in [0.2, 0.25) is 0 Å². The summed E-state index contributed by atoms with van der Waals surface area (Å²) in [4.78, 5) is 20.7. The van der Waals surface area contributed by atoms with Gasteiger partial charge in [-0.05, 0) is 50.3 Å². The number of carbonyl (C=O) groups is 1. The minimum absolute atomic E-state index is 0.0736. The monoisotopic (exact) mass is 361 g/mol. The van der Waals surface area contributed by atoms with E-state index in [0.717, 1.165) is 10.6 Å². The van der Waals surface area contributed by atoms with Crippen molar-refractivity contribution in [2.24, 2.45) is 0 Å². The topological polar surface area (TPSA) is 54.5 Å².